The zero-order valence-electron chi connectivity index (χ0n) is 7.17. The SMILES string of the molecule is CCCC(C)COC(=O)CO. The first-order valence-electron chi connectivity index (χ1n) is 3.97. The maximum absolute atomic E-state index is 10.4. The zero-order chi connectivity index (χ0) is 8.69. The van der Waals surface area contributed by atoms with E-state index in [1.165, 1.54) is 0 Å². The molecule has 0 heterocycles. The van der Waals surface area contributed by atoms with Gasteiger partial charge in [0.25, 0.3) is 0 Å². The first-order valence-corrected chi connectivity index (χ1v) is 3.97. The van der Waals surface area contributed by atoms with Crippen LogP contribution in [0.15, 0.2) is 0 Å². The van der Waals surface area contributed by atoms with Gasteiger partial charge in [-0.3, -0.25) is 0 Å². The van der Waals surface area contributed by atoms with E-state index in [2.05, 4.69) is 6.92 Å². The zero-order valence-corrected chi connectivity index (χ0v) is 7.17. The van der Waals surface area contributed by atoms with Crippen LogP contribution >= 0.6 is 0 Å². The summed E-state index contributed by atoms with van der Waals surface area (Å²) < 4.78 is 4.72. The van der Waals surface area contributed by atoms with Gasteiger partial charge in [-0.15, -0.1) is 0 Å². The molecule has 0 aromatic rings. The van der Waals surface area contributed by atoms with Crippen LogP contribution in [0.3, 0.4) is 0 Å². The summed E-state index contributed by atoms with van der Waals surface area (Å²) in [4.78, 5) is 10.4. The Morgan fingerprint density at radius 3 is 2.73 bits per heavy atom. The van der Waals surface area contributed by atoms with Crippen molar-refractivity contribution in [1.29, 1.82) is 0 Å². The van der Waals surface area contributed by atoms with E-state index in [-0.39, 0.29) is 0 Å². The van der Waals surface area contributed by atoms with Crippen molar-refractivity contribution in [3.8, 4) is 0 Å². The molecular formula is C8H16O3. The summed E-state index contributed by atoms with van der Waals surface area (Å²) in [6, 6.07) is 0. The van der Waals surface area contributed by atoms with Gasteiger partial charge < -0.3 is 9.84 Å². The van der Waals surface area contributed by atoms with Crippen LogP contribution < -0.4 is 0 Å². The van der Waals surface area contributed by atoms with E-state index in [9.17, 15) is 4.79 Å². The van der Waals surface area contributed by atoms with Crippen molar-refractivity contribution in [3.63, 3.8) is 0 Å². The topological polar surface area (TPSA) is 46.5 Å². The van der Waals surface area contributed by atoms with Crippen molar-refractivity contribution in [2.45, 2.75) is 26.7 Å². The van der Waals surface area contributed by atoms with E-state index in [0.29, 0.717) is 12.5 Å². The highest BCUT2D eigenvalue weighted by Gasteiger charge is 2.04. The smallest absolute Gasteiger partial charge is 0.331 e. The normalized spacial score (nSPS) is 12.6. The Balaban J connectivity index is 3.29. The van der Waals surface area contributed by atoms with Crippen LogP contribution in [0.25, 0.3) is 0 Å². The van der Waals surface area contributed by atoms with E-state index >= 15 is 0 Å². The molecule has 0 aromatic carbocycles. The van der Waals surface area contributed by atoms with Crippen LogP contribution in [0.5, 0.6) is 0 Å². The Morgan fingerprint density at radius 2 is 2.27 bits per heavy atom. The van der Waals surface area contributed by atoms with E-state index in [0.717, 1.165) is 12.8 Å². The Kier molecular flexibility index (Phi) is 5.84. The second-order valence-corrected chi connectivity index (χ2v) is 2.73. The van der Waals surface area contributed by atoms with Gasteiger partial charge >= 0.3 is 5.97 Å². The molecule has 1 unspecified atom stereocenters. The maximum atomic E-state index is 10.4. The van der Waals surface area contributed by atoms with Gasteiger partial charge in [0.15, 0.2) is 0 Å². The van der Waals surface area contributed by atoms with Crippen LogP contribution in [-0.4, -0.2) is 24.3 Å². The third-order valence-electron chi connectivity index (χ3n) is 1.44. The lowest BCUT2D eigenvalue weighted by atomic mass is 10.1. The Bertz CT molecular complexity index is 112. The first kappa shape index (κ1) is 10.4. The predicted molar refractivity (Wildman–Crippen MR) is 42.1 cm³/mol. The summed E-state index contributed by atoms with van der Waals surface area (Å²) in [6.45, 7) is 4.02. The van der Waals surface area contributed by atoms with Gasteiger partial charge in [-0.2, -0.15) is 0 Å². The van der Waals surface area contributed by atoms with Gasteiger partial charge in [-0.1, -0.05) is 20.3 Å². The highest BCUT2D eigenvalue weighted by Crippen LogP contribution is 2.04. The number of hydrogen-bond acceptors (Lipinski definition) is 3. The molecule has 0 amide bonds. The largest absolute Gasteiger partial charge is 0.464 e. The lowest BCUT2D eigenvalue weighted by molar-refractivity contribution is -0.148. The van der Waals surface area contributed by atoms with Crippen molar-refractivity contribution < 1.29 is 14.6 Å². The van der Waals surface area contributed by atoms with Crippen molar-refractivity contribution in [1.82, 2.24) is 0 Å². The van der Waals surface area contributed by atoms with Crippen LogP contribution in [0, 0.1) is 5.92 Å². The molecule has 11 heavy (non-hydrogen) atoms. The molecule has 0 aliphatic carbocycles. The van der Waals surface area contributed by atoms with Crippen molar-refractivity contribution >= 4 is 5.97 Å². The molecule has 0 saturated carbocycles. The average Bonchev–Trinajstić information content (AvgIpc) is 2.01. The number of carbonyl (C=O) groups excluding carboxylic acids is 1. The van der Waals surface area contributed by atoms with E-state index in [1.807, 2.05) is 6.92 Å². The first-order chi connectivity index (χ1) is 5.20. The molecule has 1 N–H and O–H groups in total. The number of carbonyl (C=O) groups is 1. The summed E-state index contributed by atoms with van der Waals surface area (Å²) in [5, 5.41) is 8.30. The molecular weight excluding hydrogens is 144 g/mol. The summed E-state index contributed by atoms with van der Waals surface area (Å²) in [5.74, 6) is -0.136. The van der Waals surface area contributed by atoms with E-state index in [4.69, 9.17) is 9.84 Å². The standard InChI is InChI=1S/C8H16O3/c1-3-4-7(2)6-11-8(10)5-9/h7,9H,3-6H2,1-2H3. The highest BCUT2D eigenvalue weighted by atomic mass is 16.5. The molecule has 3 heteroatoms. The minimum atomic E-state index is -0.534. The van der Waals surface area contributed by atoms with Gasteiger partial charge in [-0.05, 0) is 12.3 Å². The van der Waals surface area contributed by atoms with Gasteiger partial charge in [0, 0.05) is 0 Å². The predicted octanol–water partition coefficient (Wildman–Crippen LogP) is 0.958. The number of esters is 1. The number of aliphatic hydroxyl groups is 1. The van der Waals surface area contributed by atoms with E-state index < -0.39 is 12.6 Å². The third kappa shape index (κ3) is 5.85. The Morgan fingerprint density at radius 1 is 1.64 bits per heavy atom. The van der Waals surface area contributed by atoms with Crippen molar-refractivity contribution in [2.24, 2.45) is 5.92 Å². The molecule has 0 aliphatic rings. The summed E-state index contributed by atoms with van der Waals surface area (Å²) in [5.41, 5.74) is 0. The molecule has 0 saturated heterocycles. The van der Waals surface area contributed by atoms with Crippen LogP contribution in [0.1, 0.15) is 26.7 Å². The van der Waals surface area contributed by atoms with Crippen molar-refractivity contribution in [2.75, 3.05) is 13.2 Å². The second-order valence-electron chi connectivity index (χ2n) is 2.73. The minimum Gasteiger partial charge on any atom is -0.464 e. The Hall–Kier alpha value is -0.570. The van der Waals surface area contributed by atoms with Crippen molar-refractivity contribution in [3.05, 3.63) is 0 Å². The third-order valence-corrected chi connectivity index (χ3v) is 1.44. The number of aliphatic hydroxyl groups excluding tert-OH is 1. The second kappa shape index (κ2) is 6.16. The Labute approximate surface area is 67.4 Å². The minimum absolute atomic E-state index is 0.399. The molecule has 1 atom stereocenters. The molecule has 66 valence electrons. The average molecular weight is 160 g/mol. The van der Waals surface area contributed by atoms with Crippen LogP contribution in [0.4, 0.5) is 0 Å². The molecule has 0 bridgehead atoms. The summed E-state index contributed by atoms with van der Waals surface area (Å²) >= 11 is 0. The molecule has 3 nitrogen and oxygen atoms in total. The maximum Gasteiger partial charge on any atom is 0.331 e. The fraction of sp³-hybridized carbons (Fsp3) is 0.875. The fourth-order valence-corrected chi connectivity index (χ4v) is 0.857. The van der Waals surface area contributed by atoms with E-state index in [1.54, 1.807) is 0 Å². The molecule has 0 radical (unpaired) electrons. The molecule has 0 aromatic heterocycles. The van der Waals surface area contributed by atoms with Gasteiger partial charge in [0.1, 0.15) is 6.61 Å². The monoisotopic (exact) mass is 160 g/mol. The summed E-state index contributed by atoms with van der Waals surface area (Å²) in [7, 11) is 0. The van der Waals surface area contributed by atoms with Gasteiger partial charge in [-0.25, -0.2) is 4.79 Å². The molecule has 0 fully saturated rings. The lowest BCUT2D eigenvalue weighted by Crippen LogP contribution is -2.14. The fourth-order valence-electron chi connectivity index (χ4n) is 0.857. The number of hydrogen-bond donors (Lipinski definition) is 1. The summed E-state index contributed by atoms with van der Waals surface area (Å²) in [6.07, 6.45) is 2.15. The quantitative estimate of drug-likeness (QED) is 0.609. The molecule has 0 spiro atoms. The van der Waals surface area contributed by atoms with Gasteiger partial charge in [0.05, 0.1) is 6.61 Å². The molecule has 0 rings (SSSR count). The van der Waals surface area contributed by atoms with Gasteiger partial charge in [0.2, 0.25) is 0 Å². The highest BCUT2D eigenvalue weighted by molar-refractivity contribution is 5.70. The van der Waals surface area contributed by atoms with Crippen LogP contribution in [-0.2, 0) is 9.53 Å². The molecule has 0 aliphatic heterocycles. The number of rotatable bonds is 5. The lowest BCUT2D eigenvalue weighted by Gasteiger charge is -2.09. The van der Waals surface area contributed by atoms with Crippen LogP contribution in [0.2, 0.25) is 0 Å². The number of ether oxygens (including phenoxy) is 1.